The number of thiocarbonyl (C=S) groups is 1. The maximum Gasteiger partial charge on any atom is 0.174 e. The van der Waals surface area contributed by atoms with Gasteiger partial charge >= 0.3 is 0 Å². The Hall–Kier alpha value is -3.06. The van der Waals surface area contributed by atoms with Gasteiger partial charge in [-0.25, -0.2) is 0 Å². The van der Waals surface area contributed by atoms with E-state index in [9.17, 15) is 0 Å². The zero-order valence-electron chi connectivity index (χ0n) is 16.9. The van der Waals surface area contributed by atoms with Gasteiger partial charge in [0.25, 0.3) is 0 Å². The molecule has 0 unspecified atom stereocenters. The van der Waals surface area contributed by atoms with Crippen LogP contribution >= 0.6 is 12.2 Å². The average molecular weight is 409 g/mol. The van der Waals surface area contributed by atoms with Crippen molar-refractivity contribution in [1.29, 1.82) is 0 Å². The van der Waals surface area contributed by atoms with Gasteiger partial charge in [0.15, 0.2) is 5.11 Å². The maximum atomic E-state index is 5.80. The lowest BCUT2D eigenvalue weighted by molar-refractivity contribution is 0.402. The lowest BCUT2D eigenvalue weighted by Gasteiger charge is -2.29. The number of anilines is 1. The Morgan fingerprint density at radius 2 is 1.90 bits per heavy atom. The van der Waals surface area contributed by atoms with Gasteiger partial charge in [0, 0.05) is 30.7 Å². The van der Waals surface area contributed by atoms with Crippen LogP contribution in [0.2, 0.25) is 0 Å². The summed E-state index contributed by atoms with van der Waals surface area (Å²) in [6, 6.07) is 15.7. The second kappa shape index (κ2) is 7.75. The predicted molar refractivity (Wildman–Crippen MR) is 118 cm³/mol. The van der Waals surface area contributed by atoms with Crippen LogP contribution in [0.5, 0.6) is 11.5 Å². The van der Waals surface area contributed by atoms with E-state index in [4.69, 9.17) is 21.7 Å². The third-order valence-corrected chi connectivity index (χ3v) is 5.77. The number of rotatable bonds is 5. The molecular weight excluding hydrogens is 384 g/mol. The largest absolute Gasteiger partial charge is 0.497 e. The van der Waals surface area contributed by atoms with E-state index >= 15 is 0 Å². The second-order valence-corrected chi connectivity index (χ2v) is 7.38. The van der Waals surface area contributed by atoms with Crippen LogP contribution in [0.1, 0.15) is 29.2 Å². The monoisotopic (exact) mass is 408 g/mol. The lowest BCUT2D eigenvalue weighted by Crippen LogP contribution is -2.30. The van der Waals surface area contributed by atoms with Crippen LogP contribution in [-0.2, 0) is 7.05 Å². The van der Waals surface area contributed by atoms with Crippen molar-refractivity contribution < 1.29 is 9.47 Å². The van der Waals surface area contributed by atoms with Gasteiger partial charge < -0.3 is 24.3 Å². The number of ether oxygens (including phenoxy) is 2. The van der Waals surface area contributed by atoms with Crippen LogP contribution in [0.4, 0.5) is 5.69 Å². The molecule has 1 aliphatic rings. The summed E-state index contributed by atoms with van der Waals surface area (Å²) in [4.78, 5) is 6.70. The van der Waals surface area contributed by atoms with Crippen molar-refractivity contribution >= 4 is 23.0 Å². The minimum absolute atomic E-state index is 0.0999. The molecule has 0 aliphatic carbocycles. The molecule has 3 aromatic rings. The van der Waals surface area contributed by atoms with Crippen LogP contribution < -0.4 is 19.7 Å². The van der Waals surface area contributed by atoms with Gasteiger partial charge in [0.05, 0.1) is 31.6 Å². The number of hydrogen-bond acceptors (Lipinski definition) is 4. The third-order valence-electron chi connectivity index (χ3n) is 5.46. The quantitative estimate of drug-likeness (QED) is 0.646. The number of methoxy groups -OCH3 is 2. The van der Waals surface area contributed by atoms with Crippen LogP contribution in [0.25, 0.3) is 0 Å². The molecule has 2 aromatic heterocycles. The van der Waals surface area contributed by atoms with Gasteiger partial charge in [0.2, 0.25) is 0 Å². The number of benzene rings is 1. The first-order valence-corrected chi connectivity index (χ1v) is 9.81. The van der Waals surface area contributed by atoms with E-state index in [-0.39, 0.29) is 12.1 Å². The predicted octanol–water partition coefficient (Wildman–Crippen LogP) is 3.92. The molecule has 150 valence electrons. The molecule has 3 heterocycles. The van der Waals surface area contributed by atoms with E-state index in [1.807, 2.05) is 42.6 Å². The Balaban J connectivity index is 1.90. The smallest absolute Gasteiger partial charge is 0.174 e. The number of aromatic nitrogens is 2. The third kappa shape index (κ3) is 3.31. The van der Waals surface area contributed by atoms with Gasteiger partial charge in [-0.2, -0.15) is 0 Å². The molecule has 1 N–H and O–H groups in total. The van der Waals surface area contributed by atoms with Crippen molar-refractivity contribution in [3.05, 3.63) is 71.8 Å². The summed E-state index contributed by atoms with van der Waals surface area (Å²) in [6.07, 6.45) is 1.81. The molecular formula is C22H24N4O2S. The fraction of sp³-hybridized carbons (Fsp3) is 0.273. The normalized spacial score (nSPS) is 18.6. The van der Waals surface area contributed by atoms with E-state index in [0.717, 1.165) is 28.6 Å². The summed E-state index contributed by atoms with van der Waals surface area (Å²) in [5.41, 5.74) is 4.10. The summed E-state index contributed by atoms with van der Waals surface area (Å²) >= 11 is 5.80. The van der Waals surface area contributed by atoms with Crippen LogP contribution in [-0.4, -0.2) is 28.9 Å². The minimum atomic E-state index is -0.104. The van der Waals surface area contributed by atoms with Crippen LogP contribution in [0, 0.1) is 6.92 Å². The summed E-state index contributed by atoms with van der Waals surface area (Å²) in [6.45, 7) is 2.09. The van der Waals surface area contributed by atoms with Crippen LogP contribution in [0.15, 0.2) is 54.7 Å². The standard InChI is InChI=1S/C22H24N4O2S/c1-14-8-10-17(25(14)2)21-20(16-7-5-6-12-23-16)24-22(29)26(21)18-13-15(27-3)9-11-19(18)28-4/h5-13,20-21H,1-4H3,(H,24,29)/t20-,21+/m0/s1. The Morgan fingerprint density at radius 3 is 2.52 bits per heavy atom. The molecule has 0 radical (unpaired) electrons. The SMILES string of the molecule is COc1ccc(OC)c(N2C(=S)N[C@@H](c3ccccn3)[C@H]2c2ccc(C)n2C)c1. The van der Waals surface area contributed by atoms with E-state index in [1.165, 1.54) is 5.69 Å². The molecule has 0 bridgehead atoms. The Kier molecular flexibility index (Phi) is 5.15. The van der Waals surface area contributed by atoms with Crippen molar-refractivity contribution in [2.24, 2.45) is 7.05 Å². The molecule has 1 aromatic carbocycles. The summed E-state index contributed by atoms with van der Waals surface area (Å²) in [5, 5.41) is 4.10. The zero-order valence-corrected chi connectivity index (χ0v) is 17.7. The zero-order chi connectivity index (χ0) is 20.5. The highest BCUT2D eigenvalue weighted by molar-refractivity contribution is 7.80. The Morgan fingerprint density at radius 1 is 1.07 bits per heavy atom. The van der Waals surface area contributed by atoms with E-state index < -0.39 is 0 Å². The first-order valence-electron chi connectivity index (χ1n) is 9.40. The van der Waals surface area contributed by atoms with Gasteiger partial charge in [-0.05, 0) is 55.5 Å². The molecule has 6 nitrogen and oxygen atoms in total. The van der Waals surface area contributed by atoms with Crippen molar-refractivity contribution in [3.63, 3.8) is 0 Å². The average Bonchev–Trinajstić information content (AvgIpc) is 3.26. The maximum absolute atomic E-state index is 5.80. The molecule has 1 saturated heterocycles. The fourth-order valence-corrected chi connectivity index (χ4v) is 4.17. The van der Waals surface area contributed by atoms with E-state index in [2.05, 4.69) is 45.9 Å². The second-order valence-electron chi connectivity index (χ2n) is 6.99. The molecule has 4 rings (SSSR count). The fourth-order valence-electron chi connectivity index (χ4n) is 3.83. The molecule has 7 heteroatoms. The summed E-state index contributed by atoms with van der Waals surface area (Å²) in [7, 11) is 5.39. The first-order chi connectivity index (χ1) is 14.0. The Bertz CT molecular complexity index is 1030. The molecule has 29 heavy (non-hydrogen) atoms. The molecule has 0 amide bonds. The van der Waals surface area contributed by atoms with Gasteiger partial charge in [-0.1, -0.05) is 6.07 Å². The molecule has 0 spiro atoms. The van der Waals surface area contributed by atoms with Crippen molar-refractivity contribution in [1.82, 2.24) is 14.9 Å². The highest BCUT2D eigenvalue weighted by Gasteiger charge is 2.43. The highest BCUT2D eigenvalue weighted by atomic mass is 32.1. The first kappa shape index (κ1) is 19.3. The minimum Gasteiger partial charge on any atom is -0.497 e. The van der Waals surface area contributed by atoms with Crippen LogP contribution in [0.3, 0.4) is 0 Å². The molecule has 1 fully saturated rings. The van der Waals surface area contributed by atoms with E-state index in [1.54, 1.807) is 14.2 Å². The summed E-state index contributed by atoms with van der Waals surface area (Å²) in [5.74, 6) is 1.47. The Labute approximate surface area is 176 Å². The van der Waals surface area contributed by atoms with Crippen molar-refractivity contribution in [2.75, 3.05) is 19.1 Å². The number of hydrogen-bond donors (Lipinski definition) is 1. The van der Waals surface area contributed by atoms with Gasteiger partial charge in [-0.3, -0.25) is 4.98 Å². The topological polar surface area (TPSA) is 51.6 Å². The van der Waals surface area contributed by atoms with Crippen molar-refractivity contribution in [3.8, 4) is 11.5 Å². The summed E-state index contributed by atoms with van der Waals surface area (Å²) < 4.78 is 13.3. The number of aryl methyl sites for hydroxylation is 1. The number of nitrogens with zero attached hydrogens (tertiary/aromatic N) is 3. The van der Waals surface area contributed by atoms with E-state index in [0.29, 0.717) is 5.11 Å². The molecule has 0 saturated carbocycles. The van der Waals surface area contributed by atoms with Gasteiger partial charge in [-0.15, -0.1) is 0 Å². The van der Waals surface area contributed by atoms with Crippen molar-refractivity contribution in [2.45, 2.75) is 19.0 Å². The number of nitrogens with one attached hydrogen (secondary N) is 1. The lowest BCUT2D eigenvalue weighted by atomic mass is 10.0. The molecule has 1 aliphatic heterocycles. The van der Waals surface area contributed by atoms with Gasteiger partial charge in [0.1, 0.15) is 17.5 Å². The number of pyridine rings is 1. The highest BCUT2D eigenvalue weighted by Crippen LogP contribution is 2.45. The molecule has 2 atom stereocenters.